The van der Waals surface area contributed by atoms with Gasteiger partial charge in [0.1, 0.15) is 5.37 Å². The first-order valence-electron chi connectivity index (χ1n) is 7.73. The first kappa shape index (κ1) is 16.3. The number of hydrogen-bond donors (Lipinski definition) is 0. The molecule has 0 spiro atoms. The van der Waals surface area contributed by atoms with Crippen molar-refractivity contribution in [2.75, 3.05) is 12.3 Å². The van der Waals surface area contributed by atoms with Crippen LogP contribution in [0.4, 0.5) is 0 Å². The minimum absolute atomic E-state index is 0.102. The third kappa shape index (κ3) is 3.70. The third-order valence-electron chi connectivity index (χ3n) is 3.76. The lowest BCUT2D eigenvalue weighted by Crippen LogP contribution is -2.34. The molecule has 1 aliphatic rings. The predicted molar refractivity (Wildman–Crippen MR) is 94.7 cm³/mol. The highest BCUT2D eigenvalue weighted by Gasteiger charge is 2.34. The first-order valence-corrected chi connectivity index (χ1v) is 9.15. The number of amides is 1. The van der Waals surface area contributed by atoms with Crippen LogP contribution in [0.2, 0.25) is 5.02 Å². The molecule has 0 radical (unpaired) electrons. The molecule has 1 amide bonds. The van der Waals surface area contributed by atoms with Crippen molar-refractivity contribution in [2.45, 2.75) is 19.2 Å². The summed E-state index contributed by atoms with van der Waals surface area (Å²) in [6.07, 6.45) is 4.12. The van der Waals surface area contributed by atoms with Crippen molar-refractivity contribution < 1.29 is 9.36 Å². The minimum Gasteiger partial charge on any atom is -0.325 e. The molecule has 0 bridgehead atoms. The highest BCUT2D eigenvalue weighted by atomic mass is 35.5. The summed E-state index contributed by atoms with van der Waals surface area (Å²) in [7, 11) is 0. The van der Waals surface area contributed by atoms with Crippen molar-refractivity contribution >= 4 is 29.3 Å². The van der Waals surface area contributed by atoms with Crippen LogP contribution in [0, 0.1) is 5.92 Å². The molecule has 1 fully saturated rings. The molecule has 2 aromatic rings. The fraction of sp³-hybridized carbons (Fsp3) is 0.333. The first-order chi connectivity index (χ1) is 11.0. The Bertz CT molecular complexity index is 702. The summed E-state index contributed by atoms with van der Waals surface area (Å²) >= 11 is 7.66. The zero-order valence-corrected chi connectivity index (χ0v) is 14.8. The Morgan fingerprint density at radius 3 is 2.74 bits per heavy atom. The summed E-state index contributed by atoms with van der Waals surface area (Å²) < 4.78 is 2.07. The molecule has 23 heavy (non-hydrogen) atoms. The van der Waals surface area contributed by atoms with E-state index in [0.717, 1.165) is 22.8 Å². The largest absolute Gasteiger partial charge is 0.325 e. The Hall–Kier alpha value is -1.52. The Morgan fingerprint density at radius 2 is 2.04 bits per heavy atom. The van der Waals surface area contributed by atoms with Crippen LogP contribution in [-0.2, 0) is 4.79 Å². The molecule has 1 aromatic carbocycles. The van der Waals surface area contributed by atoms with Crippen LogP contribution < -0.4 is 4.57 Å². The predicted octanol–water partition coefficient (Wildman–Crippen LogP) is 3.85. The second-order valence-corrected chi connectivity index (χ2v) is 7.63. The van der Waals surface area contributed by atoms with E-state index in [0.29, 0.717) is 11.7 Å². The number of carbonyl (C=O) groups is 1. The summed E-state index contributed by atoms with van der Waals surface area (Å²) in [5, 5.41) is 0.829. The van der Waals surface area contributed by atoms with E-state index in [-0.39, 0.29) is 11.3 Å². The zero-order valence-electron chi connectivity index (χ0n) is 13.3. The van der Waals surface area contributed by atoms with Crippen LogP contribution in [0.5, 0.6) is 0 Å². The number of nitrogens with zero attached hydrogens (tertiary/aromatic N) is 2. The van der Waals surface area contributed by atoms with Gasteiger partial charge in [0.25, 0.3) is 0 Å². The van der Waals surface area contributed by atoms with Gasteiger partial charge in [0, 0.05) is 35.3 Å². The lowest BCUT2D eigenvalue weighted by molar-refractivity contribution is -0.596. The number of rotatable bonds is 4. The van der Waals surface area contributed by atoms with Gasteiger partial charge < -0.3 is 4.90 Å². The number of thioether (sulfide) groups is 1. The van der Waals surface area contributed by atoms with Crippen molar-refractivity contribution in [1.82, 2.24) is 4.90 Å². The number of halogens is 1. The van der Waals surface area contributed by atoms with Crippen molar-refractivity contribution in [3.8, 4) is 5.69 Å². The average Bonchev–Trinajstić information content (AvgIpc) is 2.89. The lowest BCUT2D eigenvalue weighted by Gasteiger charge is -2.25. The van der Waals surface area contributed by atoms with Gasteiger partial charge >= 0.3 is 0 Å². The molecule has 1 atom stereocenters. The van der Waals surface area contributed by atoms with E-state index in [1.807, 2.05) is 41.4 Å². The molecule has 5 heteroatoms. The van der Waals surface area contributed by atoms with Crippen LogP contribution in [0.15, 0.2) is 48.8 Å². The second kappa shape index (κ2) is 6.93. The average molecular weight is 348 g/mol. The molecular formula is C18H20ClN2OS+. The zero-order chi connectivity index (χ0) is 16.4. The summed E-state index contributed by atoms with van der Waals surface area (Å²) in [5.74, 6) is 1.26. The maximum Gasteiger partial charge on any atom is 0.233 e. The number of aromatic nitrogens is 1. The van der Waals surface area contributed by atoms with Gasteiger partial charge in [-0.05, 0) is 24.1 Å². The third-order valence-corrected chi connectivity index (χ3v) is 5.27. The van der Waals surface area contributed by atoms with Crippen LogP contribution in [0.3, 0.4) is 0 Å². The molecule has 3 nitrogen and oxygen atoms in total. The summed E-state index contributed by atoms with van der Waals surface area (Å²) in [6.45, 7) is 5.09. The van der Waals surface area contributed by atoms with E-state index in [1.165, 1.54) is 0 Å². The van der Waals surface area contributed by atoms with Crippen LogP contribution in [0.25, 0.3) is 5.69 Å². The van der Waals surface area contributed by atoms with Crippen molar-refractivity contribution in [3.05, 3.63) is 59.4 Å². The molecule has 3 rings (SSSR count). The number of pyridine rings is 1. The molecule has 0 N–H and O–H groups in total. The molecule has 1 unspecified atom stereocenters. The van der Waals surface area contributed by atoms with Gasteiger partial charge in [-0.25, -0.2) is 0 Å². The van der Waals surface area contributed by atoms with Crippen LogP contribution in [-0.4, -0.2) is 23.1 Å². The fourth-order valence-electron chi connectivity index (χ4n) is 2.73. The minimum atomic E-state index is 0.102. The summed E-state index contributed by atoms with van der Waals surface area (Å²) in [4.78, 5) is 14.2. The maximum atomic E-state index is 12.2. The monoisotopic (exact) mass is 347 g/mol. The second-order valence-electron chi connectivity index (χ2n) is 6.12. The molecule has 0 aliphatic carbocycles. The van der Waals surface area contributed by atoms with Gasteiger partial charge in [-0.3, -0.25) is 4.79 Å². The molecule has 2 heterocycles. The van der Waals surface area contributed by atoms with Gasteiger partial charge in [-0.2, -0.15) is 4.57 Å². The SMILES string of the molecule is CC(C)CN1C(=O)CSC1c1ccc[n+](-c2ccc(Cl)cc2)c1. The van der Waals surface area contributed by atoms with Gasteiger partial charge in [0.15, 0.2) is 12.4 Å². The Morgan fingerprint density at radius 1 is 1.30 bits per heavy atom. The normalized spacial score (nSPS) is 18.0. The van der Waals surface area contributed by atoms with Gasteiger partial charge in [-0.1, -0.05) is 25.4 Å². The van der Waals surface area contributed by atoms with Crippen molar-refractivity contribution in [2.24, 2.45) is 5.92 Å². The van der Waals surface area contributed by atoms with E-state index >= 15 is 0 Å². The smallest absolute Gasteiger partial charge is 0.233 e. The number of benzene rings is 1. The molecule has 1 aromatic heterocycles. The molecular weight excluding hydrogens is 328 g/mol. The van der Waals surface area contributed by atoms with E-state index in [1.54, 1.807) is 11.8 Å². The maximum absolute atomic E-state index is 12.2. The summed E-state index contributed by atoms with van der Waals surface area (Å²) in [5.41, 5.74) is 2.21. The van der Waals surface area contributed by atoms with Gasteiger partial charge in [0.2, 0.25) is 11.6 Å². The molecule has 1 saturated heterocycles. The molecule has 1 aliphatic heterocycles. The molecule has 0 saturated carbocycles. The topological polar surface area (TPSA) is 24.2 Å². The number of hydrogen-bond acceptors (Lipinski definition) is 2. The van der Waals surface area contributed by atoms with Crippen LogP contribution >= 0.6 is 23.4 Å². The van der Waals surface area contributed by atoms with Gasteiger partial charge in [0.05, 0.1) is 5.75 Å². The quantitative estimate of drug-likeness (QED) is 0.785. The Balaban J connectivity index is 1.90. The summed E-state index contributed by atoms with van der Waals surface area (Å²) in [6, 6.07) is 11.9. The number of carbonyl (C=O) groups excluding carboxylic acids is 1. The Kier molecular flexibility index (Phi) is 4.93. The highest BCUT2D eigenvalue weighted by molar-refractivity contribution is 8.00. The highest BCUT2D eigenvalue weighted by Crippen LogP contribution is 2.38. The van der Waals surface area contributed by atoms with E-state index < -0.39 is 0 Å². The van der Waals surface area contributed by atoms with Crippen molar-refractivity contribution in [1.29, 1.82) is 0 Å². The van der Waals surface area contributed by atoms with Crippen LogP contribution in [0.1, 0.15) is 24.8 Å². The fourth-order valence-corrected chi connectivity index (χ4v) is 4.04. The lowest BCUT2D eigenvalue weighted by atomic mass is 10.2. The van der Waals surface area contributed by atoms with E-state index in [2.05, 4.69) is 30.7 Å². The van der Waals surface area contributed by atoms with E-state index in [4.69, 9.17) is 11.6 Å². The van der Waals surface area contributed by atoms with Gasteiger partial charge in [-0.15, -0.1) is 11.8 Å². The van der Waals surface area contributed by atoms with E-state index in [9.17, 15) is 4.79 Å². The molecule has 120 valence electrons. The standard InChI is InChI=1S/C18H20ClN2OS/c1-13(2)10-21-17(22)12-23-18(21)14-4-3-9-20(11-14)16-7-5-15(19)6-8-16/h3-9,11,13,18H,10,12H2,1-2H3/q+1. The Labute approximate surface area is 146 Å². The van der Waals surface area contributed by atoms with Crippen molar-refractivity contribution in [3.63, 3.8) is 0 Å².